The number of carbonyl (C=O) groups excluding carboxylic acids is 3. The van der Waals surface area contributed by atoms with Crippen molar-refractivity contribution in [2.45, 2.75) is 39.8 Å². The molecule has 0 fully saturated rings. The largest absolute Gasteiger partial charge is 0.452 e. The highest BCUT2D eigenvalue weighted by molar-refractivity contribution is 9.10. The smallest absolute Gasteiger partial charge is 0.407 e. The molecule has 0 saturated carbocycles. The lowest BCUT2D eigenvalue weighted by Crippen LogP contribution is -2.32. The highest BCUT2D eigenvalue weighted by atomic mass is 79.9. The number of nitrogens with one attached hydrogen (secondary N) is 2. The van der Waals surface area contributed by atoms with Gasteiger partial charge in [0.2, 0.25) is 0 Å². The van der Waals surface area contributed by atoms with Crippen LogP contribution < -0.4 is 10.6 Å². The van der Waals surface area contributed by atoms with E-state index in [0.717, 1.165) is 15.6 Å². The van der Waals surface area contributed by atoms with Crippen molar-refractivity contribution >= 4 is 39.6 Å². The summed E-state index contributed by atoms with van der Waals surface area (Å²) in [6, 6.07) is 12.0. The van der Waals surface area contributed by atoms with Crippen molar-refractivity contribution in [2.24, 2.45) is 0 Å². The van der Waals surface area contributed by atoms with Crippen molar-refractivity contribution < 1.29 is 23.9 Å². The van der Waals surface area contributed by atoms with Crippen LogP contribution in [0.4, 0.5) is 10.5 Å². The Balaban J connectivity index is 1.81. The molecule has 0 aliphatic heterocycles. The van der Waals surface area contributed by atoms with Gasteiger partial charge in [-0.05, 0) is 79.0 Å². The summed E-state index contributed by atoms with van der Waals surface area (Å²) in [6.45, 7) is 7.16. The third-order valence-electron chi connectivity index (χ3n) is 3.76. The van der Waals surface area contributed by atoms with Gasteiger partial charge < -0.3 is 20.1 Å². The highest BCUT2D eigenvalue weighted by Gasteiger charge is 2.16. The van der Waals surface area contributed by atoms with Gasteiger partial charge in [-0.15, -0.1) is 0 Å². The summed E-state index contributed by atoms with van der Waals surface area (Å²) in [5.41, 5.74) is 2.18. The Morgan fingerprint density at radius 3 is 2.30 bits per heavy atom. The fraction of sp³-hybridized carbons (Fsp3) is 0.318. The van der Waals surface area contributed by atoms with Gasteiger partial charge in [0.05, 0.1) is 11.3 Å². The van der Waals surface area contributed by atoms with Crippen LogP contribution in [0, 0.1) is 6.92 Å². The molecule has 2 aromatic rings. The van der Waals surface area contributed by atoms with Crippen LogP contribution in [0.25, 0.3) is 0 Å². The quantitative estimate of drug-likeness (QED) is 0.595. The first kappa shape index (κ1) is 23.4. The Morgan fingerprint density at radius 1 is 1.03 bits per heavy atom. The van der Waals surface area contributed by atoms with Gasteiger partial charge in [0, 0.05) is 11.0 Å². The van der Waals surface area contributed by atoms with Crippen molar-refractivity contribution in [2.75, 3.05) is 11.9 Å². The number of esters is 1. The van der Waals surface area contributed by atoms with Crippen molar-refractivity contribution in [1.82, 2.24) is 5.32 Å². The van der Waals surface area contributed by atoms with Crippen LogP contribution in [0.1, 0.15) is 42.3 Å². The number of halogens is 1. The van der Waals surface area contributed by atoms with E-state index in [0.29, 0.717) is 11.3 Å². The molecule has 2 rings (SSSR count). The first-order valence-electron chi connectivity index (χ1n) is 9.32. The van der Waals surface area contributed by atoms with Crippen molar-refractivity contribution in [3.8, 4) is 0 Å². The van der Waals surface area contributed by atoms with Gasteiger partial charge in [-0.2, -0.15) is 0 Å². The molecule has 0 unspecified atom stereocenters. The molecule has 0 spiro atoms. The topological polar surface area (TPSA) is 93.7 Å². The number of hydrogen-bond donors (Lipinski definition) is 2. The van der Waals surface area contributed by atoms with Crippen LogP contribution in [-0.2, 0) is 20.8 Å². The van der Waals surface area contributed by atoms with E-state index < -0.39 is 30.2 Å². The second-order valence-corrected chi connectivity index (χ2v) is 8.51. The third-order valence-corrected chi connectivity index (χ3v) is 4.41. The van der Waals surface area contributed by atoms with E-state index in [-0.39, 0.29) is 6.54 Å². The van der Waals surface area contributed by atoms with Crippen LogP contribution in [0.5, 0.6) is 0 Å². The summed E-state index contributed by atoms with van der Waals surface area (Å²) < 4.78 is 11.0. The van der Waals surface area contributed by atoms with E-state index >= 15 is 0 Å². The molecule has 0 aliphatic rings. The number of anilines is 1. The lowest BCUT2D eigenvalue weighted by molar-refractivity contribution is -0.119. The molecule has 0 aromatic heterocycles. The van der Waals surface area contributed by atoms with Crippen LogP contribution in [-0.4, -0.2) is 30.2 Å². The summed E-state index contributed by atoms with van der Waals surface area (Å²) in [7, 11) is 0. The van der Waals surface area contributed by atoms with Gasteiger partial charge in [-0.1, -0.05) is 18.2 Å². The zero-order valence-electron chi connectivity index (χ0n) is 17.4. The number of aryl methyl sites for hydroxylation is 1. The van der Waals surface area contributed by atoms with Gasteiger partial charge in [0.15, 0.2) is 6.61 Å². The number of hydrogen-bond acceptors (Lipinski definition) is 5. The molecule has 0 saturated heterocycles. The van der Waals surface area contributed by atoms with Gasteiger partial charge in [-0.3, -0.25) is 4.79 Å². The third kappa shape index (κ3) is 7.87. The average Bonchev–Trinajstić information content (AvgIpc) is 2.66. The standard InChI is InChI=1S/C22H25BrN2O5/c1-14-5-10-18(17(23)11-14)25-19(26)13-29-20(27)16-8-6-15(7-9-16)12-24-21(28)30-22(2,3)4/h5-11H,12-13H2,1-4H3,(H,24,28)(H,25,26). The Labute approximate surface area is 184 Å². The number of carbonyl (C=O) groups is 3. The zero-order valence-corrected chi connectivity index (χ0v) is 19.0. The molecule has 160 valence electrons. The van der Waals surface area contributed by atoms with E-state index in [2.05, 4.69) is 26.6 Å². The van der Waals surface area contributed by atoms with Gasteiger partial charge in [0.1, 0.15) is 5.60 Å². The minimum absolute atomic E-state index is 0.262. The van der Waals surface area contributed by atoms with E-state index in [1.165, 1.54) is 0 Å². The lowest BCUT2D eigenvalue weighted by Gasteiger charge is -2.19. The zero-order chi connectivity index (χ0) is 22.3. The molecular formula is C22H25BrN2O5. The maximum Gasteiger partial charge on any atom is 0.407 e. The summed E-state index contributed by atoms with van der Waals surface area (Å²) in [6.07, 6.45) is -0.516. The van der Waals surface area contributed by atoms with Crippen LogP contribution >= 0.6 is 15.9 Å². The minimum atomic E-state index is -0.611. The molecule has 8 heteroatoms. The normalized spacial score (nSPS) is 10.8. The SMILES string of the molecule is Cc1ccc(NC(=O)COC(=O)c2ccc(CNC(=O)OC(C)(C)C)cc2)c(Br)c1. The number of rotatable bonds is 6. The Morgan fingerprint density at radius 2 is 1.70 bits per heavy atom. The fourth-order valence-corrected chi connectivity index (χ4v) is 2.96. The molecular weight excluding hydrogens is 452 g/mol. The summed E-state index contributed by atoms with van der Waals surface area (Å²) in [5.74, 6) is -1.05. The Hall–Kier alpha value is -2.87. The van der Waals surface area contributed by atoms with E-state index in [9.17, 15) is 14.4 Å². The Kier molecular flexibility index (Phi) is 8.00. The molecule has 0 bridgehead atoms. The lowest BCUT2D eigenvalue weighted by atomic mass is 10.1. The number of amides is 2. The first-order valence-corrected chi connectivity index (χ1v) is 10.1. The number of ether oxygens (including phenoxy) is 2. The van der Waals surface area contributed by atoms with Crippen LogP contribution in [0.2, 0.25) is 0 Å². The monoisotopic (exact) mass is 476 g/mol. The maximum atomic E-state index is 12.1. The van der Waals surface area contributed by atoms with Gasteiger partial charge >= 0.3 is 12.1 Å². The molecule has 2 aromatic carbocycles. The van der Waals surface area contributed by atoms with E-state index in [1.54, 1.807) is 51.1 Å². The molecule has 0 aliphatic carbocycles. The second-order valence-electron chi connectivity index (χ2n) is 7.66. The van der Waals surface area contributed by atoms with E-state index in [1.807, 2.05) is 19.1 Å². The van der Waals surface area contributed by atoms with E-state index in [4.69, 9.17) is 9.47 Å². The molecule has 0 atom stereocenters. The highest BCUT2D eigenvalue weighted by Crippen LogP contribution is 2.23. The molecule has 2 amide bonds. The fourth-order valence-electron chi connectivity index (χ4n) is 2.37. The number of benzene rings is 2. The molecule has 0 radical (unpaired) electrons. The van der Waals surface area contributed by atoms with Crippen molar-refractivity contribution in [3.63, 3.8) is 0 Å². The predicted molar refractivity (Wildman–Crippen MR) is 117 cm³/mol. The average molecular weight is 477 g/mol. The Bertz CT molecular complexity index is 920. The summed E-state index contributed by atoms with van der Waals surface area (Å²) in [4.78, 5) is 35.8. The maximum absolute atomic E-state index is 12.1. The van der Waals surface area contributed by atoms with Crippen molar-refractivity contribution in [1.29, 1.82) is 0 Å². The minimum Gasteiger partial charge on any atom is -0.452 e. The van der Waals surface area contributed by atoms with Gasteiger partial charge in [-0.25, -0.2) is 9.59 Å². The second kappa shape index (κ2) is 10.2. The van der Waals surface area contributed by atoms with Gasteiger partial charge in [0.25, 0.3) is 5.91 Å². The summed E-state index contributed by atoms with van der Waals surface area (Å²) >= 11 is 3.38. The summed E-state index contributed by atoms with van der Waals surface area (Å²) in [5, 5.41) is 5.32. The predicted octanol–water partition coefficient (Wildman–Crippen LogP) is 4.58. The molecule has 2 N–H and O–H groups in total. The molecule has 0 heterocycles. The van der Waals surface area contributed by atoms with Crippen LogP contribution in [0.3, 0.4) is 0 Å². The van der Waals surface area contributed by atoms with Crippen molar-refractivity contribution in [3.05, 3.63) is 63.6 Å². The van der Waals surface area contributed by atoms with Crippen LogP contribution in [0.15, 0.2) is 46.9 Å². The first-order chi connectivity index (χ1) is 14.0. The molecule has 30 heavy (non-hydrogen) atoms. The number of alkyl carbamates (subject to hydrolysis) is 1. The molecule has 7 nitrogen and oxygen atoms in total.